The number of carbonyl (C=O) groups is 1. The Morgan fingerprint density at radius 2 is 2.05 bits per heavy atom. The zero-order chi connectivity index (χ0) is 15.3. The molecule has 1 aliphatic rings. The Morgan fingerprint density at radius 3 is 2.82 bits per heavy atom. The van der Waals surface area contributed by atoms with E-state index < -0.39 is 0 Å². The predicted octanol–water partition coefficient (Wildman–Crippen LogP) is 4.67. The maximum Gasteiger partial charge on any atom is 0.259 e. The molecule has 4 rings (SSSR count). The lowest BCUT2D eigenvalue weighted by Crippen LogP contribution is -2.11. The van der Waals surface area contributed by atoms with Gasteiger partial charge < -0.3 is 4.98 Å². The summed E-state index contributed by atoms with van der Waals surface area (Å²) in [6, 6.07) is 3.85. The molecule has 0 atom stereocenters. The quantitative estimate of drug-likeness (QED) is 0.620. The van der Waals surface area contributed by atoms with Crippen molar-refractivity contribution in [2.24, 2.45) is 0 Å². The summed E-state index contributed by atoms with van der Waals surface area (Å²) in [6.45, 7) is 0. The van der Waals surface area contributed by atoms with Gasteiger partial charge in [-0.25, -0.2) is 0 Å². The van der Waals surface area contributed by atoms with E-state index in [0.29, 0.717) is 16.6 Å². The summed E-state index contributed by atoms with van der Waals surface area (Å²) in [5, 5.41) is 13.4. The van der Waals surface area contributed by atoms with E-state index in [1.807, 2.05) is 12.1 Å². The number of anilines is 1. The van der Waals surface area contributed by atoms with Gasteiger partial charge in [0.05, 0.1) is 5.56 Å². The summed E-state index contributed by atoms with van der Waals surface area (Å²) in [4.78, 5) is 15.6. The highest BCUT2D eigenvalue weighted by Gasteiger charge is 2.28. The number of aromatic amines is 1. The van der Waals surface area contributed by atoms with E-state index in [1.54, 1.807) is 6.20 Å². The topological polar surface area (TPSA) is 70.7 Å². The van der Waals surface area contributed by atoms with Crippen molar-refractivity contribution in [2.45, 2.75) is 18.8 Å². The monoisotopic (exact) mass is 440 g/mol. The van der Waals surface area contributed by atoms with Crippen molar-refractivity contribution in [2.75, 3.05) is 5.32 Å². The van der Waals surface area contributed by atoms with Crippen molar-refractivity contribution in [1.29, 1.82) is 0 Å². The van der Waals surface area contributed by atoms with E-state index in [9.17, 15) is 4.79 Å². The Kier molecular flexibility index (Phi) is 3.54. The molecule has 2 N–H and O–H groups in total. The first-order valence-corrected chi connectivity index (χ1v) is 9.13. The highest BCUT2D eigenvalue weighted by atomic mass is 79.9. The van der Waals surface area contributed by atoms with Crippen LogP contribution in [0.4, 0.5) is 5.13 Å². The fourth-order valence-electron chi connectivity index (χ4n) is 2.25. The fourth-order valence-corrected chi connectivity index (χ4v) is 3.84. The Morgan fingerprint density at radius 1 is 1.27 bits per heavy atom. The molecule has 1 aliphatic carbocycles. The number of aromatic nitrogens is 3. The third-order valence-electron chi connectivity index (χ3n) is 3.55. The van der Waals surface area contributed by atoms with E-state index >= 15 is 0 Å². The molecule has 2 heterocycles. The van der Waals surface area contributed by atoms with Gasteiger partial charge in [0.2, 0.25) is 5.13 Å². The van der Waals surface area contributed by atoms with E-state index in [4.69, 9.17) is 0 Å². The molecule has 112 valence electrons. The average molecular weight is 442 g/mol. The zero-order valence-corrected chi connectivity index (χ0v) is 15.2. The van der Waals surface area contributed by atoms with Crippen LogP contribution in [-0.4, -0.2) is 21.1 Å². The molecule has 1 amide bonds. The molecule has 0 spiro atoms. The summed E-state index contributed by atoms with van der Waals surface area (Å²) in [7, 11) is 0. The number of fused-ring (bicyclic) bond motifs is 1. The molecule has 5 nitrogen and oxygen atoms in total. The zero-order valence-electron chi connectivity index (χ0n) is 11.2. The Hall–Kier alpha value is -1.25. The molecular weight excluding hydrogens is 432 g/mol. The number of hydrogen-bond acceptors (Lipinski definition) is 4. The van der Waals surface area contributed by atoms with E-state index in [1.165, 1.54) is 24.2 Å². The van der Waals surface area contributed by atoms with Gasteiger partial charge in [0.25, 0.3) is 5.91 Å². The van der Waals surface area contributed by atoms with Gasteiger partial charge in [-0.05, 0) is 56.8 Å². The number of nitrogens with zero attached hydrogens (tertiary/aromatic N) is 2. The molecule has 0 aliphatic heterocycles. The molecule has 0 unspecified atom stereocenters. The lowest BCUT2D eigenvalue weighted by Gasteiger charge is -2.01. The Bertz CT molecular complexity index is 884. The number of rotatable bonds is 3. The van der Waals surface area contributed by atoms with Crippen LogP contribution >= 0.6 is 43.2 Å². The third-order valence-corrected chi connectivity index (χ3v) is 6.40. The smallest absolute Gasteiger partial charge is 0.259 e. The number of benzene rings is 1. The van der Waals surface area contributed by atoms with Crippen LogP contribution in [0.15, 0.2) is 27.3 Å². The minimum atomic E-state index is -0.182. The number of halogens is 2. The summed E-state index contributed by atoms with van der Waals surface area (Å²) >= 11 is 8.38. The first-order chi connectivity index (χ1) is 10.6. The minimum absolute atomic E-state index is 0.182. The first-order valence-electron chi connectivity index (χ1n) is 6.72. The Labute approximate surface area is 146 Å². The predicted molar refractivity (Wildman–Crippen MR) is 93.5 cm³/mol. The highest BCUT2D eigenvalue weighted by Crippen LogP contribution is 2.42. The molecule has 22 heavy (non-hydrogen) atoms. The largest absolute Gasteiger partial charge is 0.360 e. The normalized spacial score (nSPS) is 14.5. The van der Waals surface area contributed by atoms with Crippen molar-refractivity contribution in [1.82, 2.24) is 15.2 Å². The second-order valence-electron chi connectivity index (χ2n) is 5.19. The second kappa shape index (κ2) is 5.43. The van der Waals surface area contributed by atoms with Crippen molar-refractivity contribution >= 4 is 65.1 Å². The summed E-state index contributed by atoms with van der Waals surface area (Å²) in [5.74, 6) is 0.364. The molecule has 8 heteroatoms. The van der Waals surface area contributed by atoms with E-state index in [-0.39, 0.29) is 5.91 Å². The van der Waals surface area contributed by atoms with Crippen molar-refractivity contribution < 1.29 is 4.79 Å². The van der Waals surface area contributed by atoms with Gasteiger partial charge in [-0.3, -0.25) is 10.1 Å². The molecule has 3 aromatic rings. The number of carbonyl (C=O) groups excluding carboxylic acids is 1. The van der Waals surface area contributed by atoms with Crippen LogP contribution in [0.25, 0.3) is 10.9 Å². The third kappa shape index (κ3) is 2.59. The Balaban J connectivity index is 1.62. The SMILES string of the molecule is O=C(Nc1nnc(C2CC2)s1)c1c[nH]c2cc(Br)c(Br)cc12. The van der Waals surface area contributed by atoms with E-state index in [2.05, 4.69) is 52.4 Å². The lowest BCUT2D eigenvalue weighted by atomic mass is 10.1. The van der Waals surface area contributed by atoms with Crippen LogP contribution in [0.1, 0.15) is 34.1 Å². The van der Waals surface area contributed by atoms with Gasteiger partial charge in [-0.2, -0.15) is 0 Å². The second-order valence-corrected chi connectivity index (χ2v) is 7.91. The van der Waals surface area contributed by atoms with Gasteiger partial charge in [0.15, 0.2) is 0 Å². The number of amides is 1. The summed E-state index contributed by atoms with van der Waals surface area (Å²) in [5.41, 5.74) is 1.49. The van der Waals surface area contributed by atoms with Crippen LogP contribution in [0, 0.1) is 0 Å². The molecule has 0 saturated heterocycles. The number of hydrogen-bond donors (Lipinski definition) is 2. The van der Waals surface area contributed by atoms with Gasteiger partial charge >= 0.3 is 0 Å². The number of H-pyrrole nitrogens is 1. The van der Waals surface area contributed by atoms with Gasteiger partial charge in [-0.15, -0.1) is 10.2 Å². The highest BCUT2D eigenvalue weighted by molar-refractivity contribution is 9.13. The van der Waals surface area contributed by atoms with Crippen molar-refractivity contribution in [3.63, 3.8) is 0 Å². The first kappa shape index (κ1) is 14.3. The molecule has 1 saturated carbocycles. The van der Waals surface area contributed by atoms with Crippen molar-refractivity contribution in [3.8, 4) is 0 Å². The molecular formula is C14H10Br2N4OS. The van der Waals surface area contributed by atoms with Gasteiger partial charge in [-0.1, -0.05) is 11.3 Å². The van der Waals surface area contributed by atoms with Crippen LogP contribution in [0.5, 0.6) is 0 Å². The van der Waals surface area contributed by atoms with Crippen LogP contribution < -0.4 is 5.32 Å². The molecule has 0 bridgehead atoms. The minimum Gasteiger partial charge on any atom is -0.360 e. The molecule has 2 aromatic heterocycles. The van der Waals surface area contributed by atoms with Crippen LogP contribution in [0.3, 0.4) is 0 Å². The lowest BCUT2D eigenvalue weighted by molar-refractivity contribution is 0.102. The van der Waals surface area contributed by atoms with Crippen LogP contribution in [0.2, 0.25) is 0 Å². The maximum absolute atomic E-state index is 12.5. The standard InChI is InChI=1S/C14H10Br2N4OS/c15-9-3-7-8(5-17-11(7)4-10(9)16)12(21)18-14-20-19-13(22-14)6-1-2-6/h3-6,17H,1-2H2,(H,18,20,21). The fraction of sp³-hybridized carbons (Fsp3) is 0.214. The maximum atomic E-state index is 12.5. The number of nitrogens with one attached hydrogen (secondary N) is 2. The molecule has 1 fully saturated rings. The molecule has 0 radical (unpaired) electrons. The van der Waals surface area contributed by atoms with Gasteiger partial charge in [0, 0.05) is 32.0 Å². The van der Waals surface area contributed by atoms with Crippen molar-refractivity contribution in [3.05, 3.63) is 37.8 Å². The molecule has 1 aromatic carbocycles. The van der Waals surface area contributed by atoms with Gasteiger partial charge in [0.1, 0.15) is 5.01 Å². The summed E-state index contributed by atoms with van der Waals surface area (Å²) in [6.07, 6.45) is 4.06. The summed E-state index contributed by atoms with van der Waals surface area (Å²) < 4.78 is 1.84. The van der Waals surface area contributed by atoms with E-state index in [0.717, 1.165) is 24.9 Å². The average Bonchev–Trinajstić information content (AvgIpc) is 3.11. The van der Waals surface area contributed by atoms with Crippen LogP contribution in [-0.2, 0) is 0 Å².